The lowest BCUT2D eigenvalue weighted by molar-refractivity contribution is -0.384. The van der Waals surface area contributed by atoms with Crippen molar-refractivity contribution in [3.05, 3.63) is 40.7 Å². The minimum atomic E-state index is -0.408. The summed E-state index contributed by atoms with van der Waals surface area (Å²) in [5.41, 5.74) is 1.01. The van der Waals surface area contributed by atoms with Gasteiger partial charge in [0, 0.05) is 29.6 Å². The maximum absolute atomic E-state index is 10.8. The van der Waals surface area contributed by atoms with Crippen LogP contribution in [0.4, 0.5) is 5.69 Å². The first-order valence-corrected chi connectivity index (χ1v) is 7.94. The summed E-state index contributed by atoms with van der Waals surface area (Å²) in [4.78, 5) is 14.7. The SMILES string of the molecule is O=[N+]([O-])c1cccc(-c2ncn(CC3(CBr)CCC3)n2)c1. The summed E-state index contributed by atoms with van der Waals surface area (Å²) in [6, 6.07) is 6.41. The first-order chi connectivity index (χ1) is 10.1. The fourth-order valence-electron chi connectivity index (χ4n) is 2.62. The predicted molar refractivity (Wildman–Crippen MR) is 82.2 cm³/mol. The predicted octanol–water partition coefficient (Wildman–Crippen LogP) is 3.42. The van der Waals surface area contributed by atoms with Crippen molar-refractivity contribution in [3.8, 4) is 11.4 Å². The van der Waals surface area contributed by atoms with Crippen LogP contribution < -0.4 is 0 Å². The Hall–Kier alpha value is -1.76. The van der Waals surface area contributed by atoms with Gasteiger partial charge in [-0.25, -0.2) is 4.98 Å². The quantitative estimate of drug-likeness (QED) is 0.470. The summed E-state index contributed by atoms with van der Waals surface area (Å²) in [5, 5.41) is 16.2. The van der Waals surface area contributed by atoms with E-state index in [9.17, 15) is 10.1 Å². The van der Waals surface area contributed by atoms with Crippen LogP contribution in [0.3, 0.4) is 0 Å². The topological polar surface area (TPSA) is 73.8 Å². The Bertz CT molecular complexity index is 661. The highest BCUT2D eigenvalue weighted by Gasteiger charge is 2.36. The van der Waals surface area contributed by atoms with Gasteiger partial charge >= 0.3 is 0 Å². The standard InChI is InChI=1S/C14H15BrN4O2/c15-8-14(5-2-6-14)9-18-10-16-13(17-18)11-3-1-4-12(7-11)19(20)21/h1,3-4,7,10H,2,5-6,8-9H2. The highest BCUT2D eigenvalue weighted by Crippen LogP contribution is 2.43. The first-order valence-electron chi connectivity index (χ1n) is 6.82. The molecule has 7 heteroatoms. The molecule has 0 saturated heterocycles. The number of rotatable bonds is 5. The maximum Gasteiger partial charge on any atom is 0.270 e. The molecular weight excluding hydrogens is 336 g/mol. The Morgan fingerprint density at radius 2 is 2.24 bits per heavy atom. The van der Waals surface area contributed by atoms with Gasteiger partial charge in [-0.15, -0.1) is 0 Å². The highest BCUT2D eigenvalue weighted by molar-refractivity contribution is 9.09. The van der Waals surface area contributed by atoms with Gasteiger partial charge in [-0.1, -0.05) is 34.5 Å². The Kier molecular flexibility index (Phi) is 3.75. The van der Waals surface area contributed by atoms with E-state index in [0.717, 1.165) is 11.9 Å². The molecule has 0 bridgehead atoms. The molecule has 0 radical (unpaired) electrons. The molecule has 1 aromatic carbocycles. The molecule has 1 aliphatic carbocycles. The Morgan fingerprint density at radius 1 is 1.43 bits per heavy atom. The van der Waals surface area contributed by atoms with Gasteiger partial charge in [0.25, 0.3) is 5.69 Å². The van der Waals surface area contributed by atoms with Gasteiger partial charge in [0.1, 0.15) is 6.33 Å². The van der Waals surface area contributed by atoms with Crippen molar-refractivity contribution >= 4 is 21.6 Å². The molecule has 0 aliphatic heterocycles. The third-order valence-corrected chi connectivity index (χ3v) is 5.24. The first kappa shape index (κ1) is 14.2. The van der Waals surface area contributed by atoms with Crippen LogP contribution in [0.5, 0.6) is 0 Å². The molecular formula is C14H15BrN4O2. The second kappa shape index (κ2) is 5.55. The molecule has 110 valence electrons. The van der Waals surface area contributed by atoms with Gasteiger partial charge in [0.2, 0.25) is 0 Å². The van der Waals surface area contributed by atoms with Gasteiger partial charge in [0.05, 0.1) is 4.92 Å². The summed E-state index contributed by atoms with van der Waals surface area (Å²) in [6.45, 7) is 0.834. The largest absolute Gasteiger partial charge is 0.270 e. The zero-order valence-corrected chi connectivity index (χ0v) is 13.0. The Morgan fingerprint density at radius 3 is 2.86 bits per heavy atom. The molecule has 2 aromatic rings. The van der Waals surface area contributed by atoms with E-state index in [-0.39, 0.29) is 11.1 Å². The molecule has 0 amide bonds. The van der Waals surface area contributed by atoms with Crippen molar-refractivity contribution in [2.24, 2.45) is 5.41 Å². The molecule has 3 rings (SSSR count). The van der Waals surface area contributed by atoms with Crippen molar-refractivity contribution in [2.75, 3.05) is 5.33 Å². The van der Waals surface area contributed by atoms with Gasteiger partial charge in [-0.3, -0.25) is 14.8 Å². The van der Waals surface area contributed by atoms with E-state index in [1.54, 1.807) is 18.5 Å². The average Bonchev–Trinajstić information content (AvgIpc) is 2.91. The van der Waals surface area contributed by atoms with Gasteiger partial charge in [-0.05, 0) is 18.3 Å². The van der Waals surface area contributed by atoms with Crippen LogP contribution in [0.1, 0.15) is 19.3 Å². The molecule has 1 aromatic heterocycles. The number of nitrogens with zero attached hydrogens (tertiary/aromatic N) is 4. The van der Waals surface area contributed by atoms with Crippen molar-refractivity contribution in [2.45, 2.75) is 25.8 Å². The molecule has 0 N–H and O–H groups in total. The van der Waals surface area contributed by atoms with E-state index in [1.165, 1.54) is 31.4 Å². The monoisotopic (exact) mass is 350 g/mol. The number of halogens is 1. The Labute approximate surface area is 130 Å². The number of hydrogen-bond acceptors (Lipinski definition) is 4. The lowest BCUT2D eigenvalue weighted by Crippen LogP contribution is -2.35. The highest BCUT2D eigenvalue weighted by atomic mass is 79.9. The number of alkyl halides is 1. The molecule has 1 heterocycles. The van der Waals surface area contributed by atoms with Crippen LogP contribution in [0.25, 0.3) is 11.4 Å². The van der Waals surface area contributed by atoms with E-state index in [2.05, 4.69) is 26.0 Å². The van der Waals surface area contributed by atoms with Crippen LogP contribution in [0, 0.1) is 15.5 Å². The molecule has 0 atom stereocenters. The van der Waals surface area contributed by atoms with Crippen LogP contribution in [-0.2, 0) is 6.54 Å². The second-order valence-electron chi connectivity index (χ2n) is 5.56. The lowest BCUT2D eigenvalue weighted by Gasteiger charge is -2.40. The van der Waals surface area contributed by atoms with Gasteiger partial charge in [0.15, 0.2) is 5.82 Å². The molecule has 0 spiro atoms. The third-order valence-electron chi connectivity index (χ3n) is 4.05. The van der Waals surface area contributed by atoms with Crippen molar-refractivity contribution in [1.29, 1.82) is 0 Å². The number of benzene rings is 1. The molecule has 1 saturated carbocycles. The summed E-state index contributed by atoms with van der Waals surface area (Å²) in [6.07, 6.45) is 5.36. The third kappa shape index (κ3) is 2.83. The summed E-state index contributed by atoms with van der Waals surface area (Å²) >= 11 is 3.58. The zero-order valence-electron chi connectivity index (χ0n) is 11.4. The zero-order chi connectivity index (χ0) is 14.9. The molecule has 21 heavy (non-hydrogen) atoms. The maximum atomic E-state index is 10.8. The van der Waals surface area contributed by atoms with E-state index in [0.29, 0.717) is 11.4 Å². The van der Waals surface area contributed by atoms with Gasteiger partial charge < -0.3 is 0 Å². The summed E-state index contributed by atoms with van der Waals surface area (Å²) in [5.74, 6) is 0.530. The van der Waals surface area contributed by atoms with Crippen LogP contribution >= 0.6 is 15.9 Å². The number of nitro benzene ring substituents is 1. The summed E-state index contributed by atoms with van der Waals surface area (Å²) in [7, 11) is 0. The van der Waals surface area contributed by atoms with Crippen molar-refractivity contribution in [3.63, 3.8) is 0 Å². The number of non-ortho nitro benzene ring substituents is 1. The molecule has 6 nitrogen and oxygen atoms in total. The van der Waals surface area contributed by atoms with Gasteiger partial charge in [-0.2, -0.15) is 5.10 Å². The molecule has 0 unspecified atom stereocenters. The van der Waals surface area contributed by atoms with E-state index >= 15 is 0 Å². The van der Waals surface area contributed by atoms with Crippen LogP contribution in [0.2, 0.25) is 0 Å². The van der Waals surface area contributed by atoms with E-state index < -0.39 is 4.92 Å². The van der Waals surface area contributed by atoms with E-state index in [4.69, 9.17) is 0 Å². The smallest absolute Gasteiger partial charge is 0.258 e. The molecule has 1 fully saturated rings. The summed E-state index contributed by atoms with van der Waals surface area (Å²) < 4.78 is 1.84. The Balaban J connectivity index is 1.81. The number of hydrogen-bond donors (Lipinski definition) is 0. The second-order valence-corrected chi connectivity index (χ2v) is 6.12. The number of aromatic nitrogens is 3. The minimum Gasteiger partial charge on any atom is -0.258 e. The number of nitro groups is 1. The van der Waals surface area contributed by atoms with Crippen molar-refractivity contribution < 1.29 is 4.92 Å². The fraction of sp³-hybridized carbons (Fsp3) is 0.429. The van der Waals surface area contributed by atoms with Crippen LogP contribution in [0.15, 0.2) is 30.6 Å². The molecule has 1 aliphatic rings. The lowest BCUT2D eigenvalue weighted by atomic mass is 9.70. The van der Waals surface area contributed by atoms with E-state index in [1.807, 2.05) is 4.68 Å². The fourth-order valence-corrected chi connectivity index (χ4v) is 3.35. The normalized spacial score (nSPS) is 16.4. The van der Waals surface area contributed by atoms with Crippen molar-refractivity contribution in [1.82, 2.24) is 14.8 Å². The minimum absolute atomic E-state index is 0.0553. The average molecular weight is 351 g/mol. The van der Waals surface area contributed by atoms with Crippen LogP contribution in [-0.4, -0.2) is 25.0 Å².